The molecule has 0 saturated heterocycles. The van der Waals surface area contributed by atoms with Crippen molar-refractivity contribution in [3.05, 3.63) is 71.9 Å². The number of rotatable bonds is 3. The Morgan fingerprint density at radius 3 is 2.22 bits per heavy atom. The maximum absolute atomic E-state index is 5.20. The van der Waals surface area contributed by atoms with Gasteiger partial charge in [0.25, 0.3) is 0 Å². The highest BCUT2D eigenvalue weighted by atomic mass is 32.1. The van der Waals surface area contributed by atoms with Gasteiger partial charge in [0.15, 0.2) is 0 Å². The molecule has 0 unspecified atom stereocenters. The van der Waals surface area contributed by atoms with Crippen LogP contribution in [-0.4, -0.2) is 13.1 Å². The van der Waals surface area contributed by atoms with E-state index in [0.29, 0.717) is 0 Å². The maximum Gasteiger partial charge on any atom is 0.0880 e. The van der Waals surface area contributed by atoms with E-state index in [2.05, 4.69) is 122 Å². The topological polar surface area (TPSA) is 12.9 Å². The zero-order valence-corrected chi connectivity index (χ0v) is 25.2. The van der Waals surface area contributed by atoms with E-state index in [-0.39, 0.29) is 10.8 Å². The lowest BCUT2D eigenvalue weighted by Crippen LogP contribution is -2.38. The van der Waals surface area contributed by atoms with E-state index in [4.69, 9.17) is 4.98 Å². The largest absolute Gasteiger partial charge is 0.255 e. The molecule has 5 rings (SSSR count). The quantitative estimate of drug-likeness (QED) is 0.221. The molecule has 36 heavy (non-hydrogen) atoms. The van der Waals surface area contributed by atoms with Gasteiger partial charge in [-0.2, -0.15) is 0 Å². The van der Waals surface area contributed by atoms with Gasteiger partial charge in [-0.15, -0.1) is 11.3 Å². The van der Waals surface area contributed by atoms with Crippen molar-refractivity contribution in [2.75, 3.05) is 0 Å². The van der Waals surface area contributed by atoms with Crippen LogP contribution in [0.5, 0.6) is 0 Å². The lowest BCUT2D eigenvalue weighted by molar-refractivity contribution is 0.411. The predicted octanol–water partition coefficient (Wildman–Crippen LogP) is 9.70. The van der Waals surface area contributed by atoms with Crippen LogP contribution in [0, 0.1) is 5.41 Å². The standard InChI is InChI=1S/C33H39NSSi/c1-32(2,3)19-21-14-15-25-27(16-21)35-31-29(25)28(36(7,8)9)20-34-30(31)23-17-22-12-10-11-13-24(22)26(18-23)33(4,5)6/h10-18,20H,19H2,1-9H3. The normalized spacial score (nSPS) is 13.2. The van der Waals surface area contributed by atoms with Crippen molar-refractivity contribution in [1.29, 1.82) is 0 Å². The first-order valence-corrected chi connectivity index (χ1v) is 17.4. The average molecular weight is 510 g/mol. The van der Waals surface area contributed by atoms with E-state index in [1.54, 1.807) is 0 Å². The molecule has 0 radical (unpaired) electrons. The minimum absolute atomic E-state index is 0.0506. The molecule has 3 heteroatoms. The fourth-order valence-corrected chi connectivity index (χ4v) is 8.24. The molecule has 2 aromatic heterocycles. The number of hydrogen-bond acceptors (Lipinski definition) is 2. The molecule has 0 saturated carbocycles. The summed E-state index contributed by atoms with van der Waals surface area (Å²) in [6.07, 6.45) is 3.29. The summed E-state index contributed by atoms with van der Waals surface area (Å²) in [7, 11) is -1.59. The fourth-order valence-electron chi connectivity index (χ4n) is 5.39. The van der Waals surface area contributed by atoms with Crippen LogP contribution in [0.25, 0.3) is 42.2 Å². The number of nitrogens with zero attached hydrogens (tertiary/aromatic N) is 1. The van der Waals surface area contributed by atoms with Gasteiger partial charge in [0.1, 0.15) is 0 Å². The number of pyridine rings is 1. The van der Waals surface area contributed by atoms with E-state index >= 15 is 0 Å². The summed E-state index contributed by atoms with van der Waals surface area (Å²) in [5, 5.41) is 6.93. The summed E-state index contributed by atoms with van der Waals surface area (Å²) < 4.78 is 2.73. The Morgan fingerprint density at radius 1 is 0.833 bits per heavy atom. The number of hydrogen-bond donors (Lipinski definition) is 0. The van der Waals surface area contributed by atoms with Gasteiger partial charge in [0.05, 0.1) is 18.5 Å². The van der Waals surface area contributed by atoms with Crippen LogP contribution in [0.3, 0.4) is 0 Å². The molecule has 3 aromatic carbocycles. The molecule has 0 atom stereocenters. The van der Waals surface area contributed by atoms with Gasteiger partial charge < -0.3 is 0 Å². The van der Waals surface area contributed by atoms with Gasteiger partial charge in [0.2, 0.25) is 0 Å². The third-order valence-corrected chi connectivity index (χ3v) is 10.2. The third kappa shape index (κ3) is 4.64. The van der Waals surface area contributed by atoms with Crippen LogP contribution in [0.2, 0.25) is 19.6 Å². The van der Waals surface area contributed by atoms with Crippen molar-refractivity contribution < 1.29 is 0 Å². The second-order valence-electron chi connectivity index (χ2n) is 13.6. The lowest BCUT2D eigenvalue weighted by atomic mass is 9.82. The molecule has 0 aliphatic carbocycles. The van der Waals surface area contributed by atoms with Crippen molar-refractivity contribution in [1.82, 2.24) is 4.98 Å². The summed E-state index contributed by atoms with van der Waals surface area (Å²) in [4.78, 5) is 5.20. The molecular formula is C33H39NSSi. The molecule has 2 heterocycles. The fraction of sp³-hybridized carbons (Fsp3) is 0.364. The van der Waals surface area contributed by atoms with E-state index < -0.39 is 8.07 Å². The van der Waals surface area contributed by atoms with Crippen molar-refractivity contribution in [2.45, 2.75) is 73.0 Å². The molecule has 0 aliphatic rings. The maximum atomic E-state index is 5.20. The predicted molar refractivity (Wildman–Crippen MR) is 165 cm³/mol. The Bertz CT molecular complexity index is 1600. The molecule has 0 aliphatic heterocycles. The highest BCUT2D eigenvalue weighted by Gasteiger charge is 2.26. The Morgan fingerprint density at radius 2 is 1.56 bits per heavy atom. The molecule has 0 bridgehead atoms. The van der Waals surface area contributed by atoms with Gasteiger partial charge in [-0.25, -0.2) is 0 Å². The summed E-state index contributed by atoms with van der Waals surface area (Å²) in [6, 6.07) is 20.7. The van der Waals surface area contributed by atoms with Crippen molar-refractivity contribution in [3.63, 3.8) is 0 Å². The number of fused-ring (bicyclic) bond motifs is 4. The number of thiophene rings is 1. The molecule has 5 aromatic rings. The summed E-state index contributed by atoms with van der Waals surface area (Å²) in [6.45, 7) is 21.2. The van der Waals surface area contributed by atoms with Crippen LogP contribution in [-0.2, 0) is 11.8 Å². The van der Waals surface area contributed by atoms with Crippen molar-refractivity contribution in [3.8, 4) is 11.3 Å². The zero-order valence-electron chi connectivity index (χ0n) is 23.3. The summed E-state index contributed by atoms with van der Waals surface area (Å²) in [5.41, 5.74) is 5.48. The first kappa shape index (κ1) is 25.2. The highest BCUT2D eigenvalue weighted by molar-refractivity contribution is 7.26. The molecular weight excluding hydrogens is 471 g/mol. The van der Waals surface area contributed by atoms with Crippen LogP contribution in [0.4, 0.5) is 0 Å². The summed E-state index contributed by atoms with van der Waals surface area (Å²) in [5.74, 6) is 0. The molecule has 0 fully saturated rings. The molecule has 0 spiro atoms. The van der Waals surface area contributed by atoms with E-state index in [9.17, 15) is 0 Å². The molecule has 186 valence electrons. The van der Waals surface area contributed by atoms with Crippen molar-refractivity contribution in [2.24, 2.45) is 5.41 Å². The SMILES string of the molecule is CC(C)(C)Cc1ccc2c(c1)sc1c(-c3cc(C(C)(C)C)c4ccccc4c3)ncc([Si](C)(C)C)c12. The second kappa shape index (κ2) is 8.53. The highest BCUT2D eigenvalue weighted by Crippen LogP contribution is 2.42. The van der Waals surface area contributed by atoms with Gasteiger partial charge in [-0.05, 0) is 62.5 Å². The van der Waals surface area contributed by atoms with Gasteiger partial charge in [-0.3, -0.25) is 4.98 Å². The number of aromatic nitrogens is 1. The summed E-state index contributed by atoms with van der Waals surface area (Å²) >= 11 is 1.93. The minimum Gasteiger partial charge on any atom is -0.255 e. The molecule has 1 nitrogen and oxygen atoms in total. The third-order valence-electron chi connectivity index (χ3n) is 7.05. The first-order chi connectivity index (χ1) is 16.7. The Balaban J connectivity index is 1.83. The Labute approximate surface area is 221 Å². The van der Waals surface area contributed by atoms with E-state index in [1.807, 2.05) is 11.3 Å². The van der Waals surface area contributed by atoms with Gasteiger partial charge in [0, 0.05) is 27.2 Å². The Kier molecular flexibility index (Phi) is 5.96. The molecule has 0 amide bonds. The lowest BCUT2D eigenvalue weighted by Gasteiger charge is -2.23. The number of benzene rings is 3. The van der Waals surface area contributed by atoms with Gasteiger partial charge >= 0.3 is 0 Å². The Hall–Kier alpha value is -2.49. The van der Waals surface area contributed by atoms with Crippen LogP contribution in [0.15, 0.2) is 60.8 Å². The molecule has 0 N–H and O–H groups in total. The minimum atomic E-state index is -1.59. The van der Waals surface area contributed by atoms with E-state index in [1.165, 1.54) is 52.8 Å². The van der Waals surface area contributed by atoms with E-state index in [0.717, 1.165) is 12.1 Å². The average Bonchev–Trinajstić information content (AvgIpc) is 3.13. The van der Waals surface area contributed by atoms with Crippen LogP contribution in [0.1, 0.15) is 52.7 Å². The monoisotopic (exact) mass is 509 g/mol. The van der Waals surface area contributed by atoms with Gasteiger partial charge in [-0.1, -0.05) is 97.6 Å². The smallest absolute Gasteiger partial charge is 0.0880 e. The van der Waals surface area contributed by atoms with Crippen LogP contribution < -0.4 is 5.19 Å². The van der Waals surface area contributed by atoms with Crippen LogP contribution >= 0.6 is 11.3 Å². The zero-order chi connectivity index (χ0) is 26.0. The first-order valence-electron chi connectivity index (χ1n) is 13.1. The van der Waals surface area contributed by atoms with Crippen molar-refractivity contribution >= 4 is 55.5 Å². The second-order valence-corrected chi connectivity index (χ2v) is 19.7.